The third kappa shape index (κ3) is 5.44. The van der Waals surface area contributed by atoms with E-state index in [1.165, 1.54) is 4.90 Å². The number of hydrogen-bond donors (Lipinski definition) is 1. The Morgan fingerprint density at radius 3 is 2.18 bits per heavy atom. The first-order valence-electron chi connectivity index (χ1n) is 5.90. The van der Waals surface area contributed by atoms with Gasteiger partial charge in [0.05, 0.1) is 11.2 Å². The summed E-state index contributed by atoms with van der Waals surface area (Å²) in [6, 6.07) is 0. The molecule has 0 rings (SSSR count). The monoisotopic (exact) mass is 261 g/mol. The maximum Gasteiger partial charge on any atom is 0.308 e. The fourth-order valence-corrected chi connectivity index (χ4v) is 2.59. The normalized spacial score (nSPS) is 14.5. The van der Waals surface area contributed by atoms with E-state index in [-0.39, 0.29) is 23.6 Å². The summed E-state index contributed by atoms with van der Waals surface area (Å²) in [4.78, 5) is 24.4. The zero-order valence-corrected chi connectivity index (χ0v) is 12.1. The summed E-state index contributed by atoms with van der Waals surface area (Å²) in [5.74, 6) is -0.219. The van der Waals surface area contributed by atoms with Crippen LogP contribution in [0.5, 0.6) is 0 Å². The SMILES string of the molecule is CCSC(C(=O)N(C)CC(C)C(=O)O)C(C)C. The second-order valence-corrected chi connectivity index (χ2v) is 6.00. The molecule has 0 aliphatic heterocycles. The highest BCUT2D eigenvalue weighted by atomic mass is 32.2. The van der Waals surface area contributed by atoms with Crippen molar-refractivity contribution in [1.82, 2.24) is 4.90 Å². The molecule has 0 spiro atoms. The van der Waals surface area contributed by atoms with Crippen LogP contribution in [0, 0.1) is 11.8 Å². The van der Waals surface area contributed by atoms with Gasteiger partial charge < -0.3 is 10.0 Å². The van der Waals surface area contributed by atoms with Crippen LogP contribution in [0.3, 0.4) is 0 Å². The molecule has 0 fully saturated rings. The molecule has 0 aromatic heterocycles. The van der Waals surface area contributed by atoms with Crippen LogP contribution in [-0.2, 0) is 9.59 Å². The van der Waals surface area contributed by atoms with Crippen LogP contribution < -0.4 is 0 Å². The predicted octanol–water partition coefficient (Wildman–Crippen LogP) is 1.94. The maximum absolute atomic E-state index is 12.1. The third-order valence-electron chi connectivity index (χ3n) is 2.54. The lowest BCUT2D eigenvalue weighted by Crippen LogP contribution is -2.41. The van der Waals surface area contributed by atoms with Gasteiger partial charge in [0.2, 0.25) is 5.91 Å². The van der Waals surface area contributed by atoms with Crippen LogP contribution in [0.15, 0.2) is 0 Å². The Morgan fingerprint density at radius 2 is 1.82 bits per heavy atom. The second kappa shape index (κ2) is 7.58. The number of carbonyl (C=O) groups is 2. The van der Waals surface area contributed by atoms with Crippen LogP contribution in [0.25, 0.3) is 0 Å². The Morgan fingerprint density at radius 1 is 1.29 bits per heavy atom. The average molecular weight is 261 g/mol. The Labute approximate surface area is 108 Å². The Balaban J connectivity index is 4.49. The molecule has 0 saturated carbocycles. The quantitative estimate of drug-likeness (QED) is 0.761. The van der Waals surface area contributed by atoms with Crippen LogP contribution in [-0.4, -0.2) is 46.5 Å². The van der Waals surface area contributed by atoms with Gasteiger partial charge in [-0.15, -0.1) is 11.8 Å². The van der Waals surface area contributed by atoms with Crippen molar-refractivity contribution in [2.45, 2.75) is 32.9 Å². The highest BCUT2D eigenvalue weighted by molar-refractivity contribution is 8.00. The van der Waals surface area contributed by atoms with E-state index >= 15 is 0 Å². The van der Waals surface area contributed by atoms with Gasteiger partial charge in [0.1, 0.15) is 0 Å². The smallest absolute Gasteiger partial charge is 0.308 e. The molecule has 0 bridgehead atoms. The minimum atomic E-state index is -0.867. The summed E-state index contributed by atoms with van der Waals surface area (Å²) in [5, 5.41) is 8.74. The van der Waals surface area contributed by atoms with Crippen molar-refractivity contribution in [2.75, 3.05) is 19.3 Å². The molecule has 0 radical (unpaired) electrons. The molecule has 100 valence electrons. The number of hydrogen-bond acceptors (Lipinski definition) is 3. The first-order chi connectivity index (χ1) is 7.81. The molecule has 0 aliphatic rings. The highest BCUT2D eigenvalue weighted by Gasteiger charge is 2.26. The average Bonchev–Trinajstić information content (AvgIpc) is 2.24. The van der Waals surface area contributed by atoms with E-state index in [1.54, 1.807) is 25.7 Å². The Hall–Kier alpha value is -0.710. The number of rotatable bonds is 7. The summed E-state index contributed by atoms with van der Waals surface area (Å²) < 4.78 is 0. The van der Waals surface area contributed by atoms with Gasteiger partial charge in [-0.2, -0.15) is 0 Å². The second-order valence-electron chi connectivity index (χ2n) is 4.58. The van der Waals surface area contributed by atoms with E-state index < -0.39 is 11.9 Å². The van der Waals surface area contributed by atoms with E-state index in [2.05, 4.69) is 0 Å². The molecular formula is C12H23NO3S. The van der Waals surface area contributed by atoms with Crippen molar-refractivity contribution < 1.29 is 14.7 Å². The third-order valence-corrected chi connectivity index (χ3v) is 3.98. The number of carbonyl (C=O) groups excluding carboxylic acids is 1. The predicted molar refractivity (Wildman–Crippen MR) is 71.2 cm³/mol. The summed E-state index contributed by atoms with van der Waals surface area (Å²) in [6.07, 6.45) is 0. The Bertz CT molecular complexity index is 268. The largest absolute Gasteiger partial charge is 0.481 e. The summed E-state index contributed by atoms with van der Waals surface area (Å²) in [6.45, 7) is 7.93. The van der Waals surface area contributed by atoms with Gasteiger partial charge in [-0.05, 0) is 11.7 Å². The van der Waals surface area contributed by atoms with Crippen molar-refractivity contribution in [3.63, 3.8) is 0 Å². The van der Waals surface area contributed by atoms with Gasteiger partial charge in [-0.3, -0.25) is 9.59 Å². The topological polar surface area (TPSA) is 57.6 Å². The molecule has 0 saturated heterocycles. The van der Waals surface area contributed by atoms with Crippen molar-refractivity contribution in [1.29, 1.82) is 0 Å². The molecule has 2 unspecified atom stereocenters. The van der Waals surface area contributed by atoms with Crippen molar-refractivity contribution in [3.8, 4) is 0 Å². The van der Waals surface area contributed by atoms with Crippen LogP contribution >= 0.6 is 11.8 Å². The van der Waals surface area contributed by atoms with Gasteiger partial charge >= 0.3 is 5.97 Å². The summed E-state index contributed by atoms with van der Waals surface area (Å²) in [7, 11) is 1.67. The molecule has 0 heterocycles. The lowest BCUT2D eigenvalue weighted by Gasteiger charge is -2.26. The number of thioether (sulfide) groups is 1. The van der Waals surface area contributed by atoms with E-state index in [1.807, 2.05) is 20.8 Å². The summed E-state index contributed by atoms with van der Waals surface area (Å²) >= 11 is 1.62. The van der Waals surface area contributed by atoms with E-state index in [0.29, 0.717) is 0 Å². The molecule has 0 aromatic carbocycles. The summed E-state index contributed by atoms with van der Waals surface area (Å²) in [5.41, 5.74) is 0. The van der Waals surface area contributed by atoms with Crippen LogP contribution in [0.1, 0.15) is 27.7 Å². The number of carboxylic acids is 1. The Kier molecular flexibility index (Phi) is 7.27. The minimum Gasteiger partial charge on any atom is -0.481 e. The molecule has 1 N–H and O–H groups in total. The molecule has 1 amide bonds. The molecule has 0 aromatic rings. The number of amides is 1. The van der Waals surface area contributed by atoms with Gasteiger partial charge in [-0.25, -0.2) is 0 Å². The molecular weight excluding hydrogens is 238 g/mol. The molecule has 0 aliphatic carbocycles. The van der Waals surface area contributed by atoms with Gasteiger partial charge in [0.25, 0.3) is 0 Å². The fraction of sp³-hybridized carbons (Fsp3) is 0.833. The van der Waals surface area contributed by atoms with Crippen LogP contribution in [0.4, 0.5) is 0 Å². The molecule has 2 atom stereocenters. The van der Waals surface area contributed by atoms with E-state index in [4.69, 9.17) is 5.11 Å². The lowest BCUT2D eigenvalue weighted by molar-refractivity contribution is -0.142. The van der Waals surface area contributed by atoms with Crippen molar-refractivity contribution >= 4 is 23.6 Å². The van der Waals surface area contributed by atoms with Gasteiger partial charge in [-0.1, -0.05) is 27.7 Å². The van der Waals surface area contributed by atoms with Crippen molar-refractivity contribution in [3.05, 3.63) is 0 Å². The molecule has 5 heteroatoms. The fourth-order valence-electron chi connectivity index (χ4n) is 1.52. The van der Waals surface area contributed by atoms with Crippen LogP contribution in [0.2, 0.25) is 0 Å². The van der Waals surface area contributed by atoms with Gasteiger partial charge in [0, 0.05) is 13.6 Å². The molecule has 17 heavy (non-hydrogen) atoms. The number of aliphatic carboxylic acids is 1. The van der Waals surface area contributed by atoms with Gasteiger partial charge in [0.15, 0.2) is 0 Å². The zero-order chi connectivity index (χ0) is 13.6. The van der Waals surface area contributed by atoms with Crippen molar-refractivity contribution in [2.24, 2.45) is 11.8 Å². The van der Waals surface area contributed by atoms with E-state index in [9.17, 15) is 9.59 Å². The first kappa shape index (κ1) is 16.3. The number of nitrogens with zero attached hydrogens (tertiary/aromatic N) is 1. The first-order valence-corrected chi connectivity index (χ1v) is 6.95. The number of carboxylic acid groups (broad SMARTS) is 1. The molecule has 4 nitrogen and oxygen atoms in total. The van der Waals surface area contributed by atoms with E-state index in [0.717, 1.165) is 5.75 Å². The zero-order valence-electron chi connectivity index (χ0n) is 11.3. The maximum atomic E-state index is 12.1. The standard InChI is InChI=1S/C12H23NO3S/c1-6-17-10(8(2)3)11(14)13(5)7-9(4)12(15)16/h8-10H,6-7H2,1-5H3,(H,15,16). The highest BCUT2D eigenvalue weighted by Crippen LogP contribution is 2.21. The lowest BCUT2D eigenvalue weighted by atomic mass is 10.1. The minimum absolute atomic E-state index is 0.0277.